The van der Waals surface area contributed by atoms with E-state index in [1.807, 2.05) is 48.2 Å². The molecular formula is C26H29N9. The van der Waals surface area contributed by atoms with E-state index in [9.17, 15) is 0 Å². The Morgan fingerprint density at radius 1 is 0.914 bits per heavy atom. The molecule has 1 aliphatic heterocycles. The first-order valence-corrected chi connectivity index (χ1v) is 12.2. The van der Waals surface area contributed by atoms with Crippen LogP contribution in [0.5, 0.6) is 0 Å². The Morgan fingerprint density at radius 2 is 1.80 bits per heavy atom. The maximum atomic E-state index is 4.88. The summed E-state index contributed by atoms with van der Waals surface area (Å²) in [6, 6.07) is 8.16. The second kappa shape index (κ2) is 9.07. The number of nitrogens with zero attached hydrogens (tertiary/aromatic N) is 8. The lowest BCUT2D eigenvalue weighted by atomic mass is 10.0. The second-order valence-corrected chi connectivity index (χ2v) is 9.27. The number of aryl methyl sites for hydroxylation is 2. The summed E-state index contributed by atoms with van der Waals surface area (Å²) in [6.45, 7) is 6.14. The zero-order chi connectivity index (χ0) is 23.8. The first kappa shape index (κ1) is 21.7. The Balaban J connectivity index is 1.23. The predicted octanol–water partition coefficient (Wildman–Crippen LogP) is 3.49. The number of nitrogens with one attached hydrogen (secondary N) is 1. The predicted molar refractivity (Wildman–Crippen MR) is 137 cm³/mol. The smallest absolute Gasteiger partial charge is 0.227 e. The lowest BCUT2D eigenvalue weighted by Crippen LogP contribution is -2.44. The van der Waals surface area contributed by atoms with E-state index < -0.39 is 0 Å². The van der Waals surface area contributed by atoms with Gasteiger partial charge in [0.2, 0.25) is 5.95 Å². The van der Waals surface area contributed by atoms with Gasteiger partial charge in [0.15, 0.2) is 5.65 Å². The molecule has 1 fully saturated rings. The molecule has 0 atom stereocenters. The van der Waals surface area contributed by atoms with Crippen molar-refractivity contribution in [3.63, 3.8) is 0 Å². The zero-order valence-electron chi connectivity index (χ0n) is 20.1. The lowest BCUT2D eigenvalue weighted by molar-refractivity contribution is 0.312. The van der Waals surface area contributed by atoms with Gasteiger partial charge in [0.1, 0.15) is 5.82 Å². The van der Waals surface area contributed by atoms with Gasteiger partial charge in [-0.25, -0.2) is 24.5 Å². The number of hydrogen-bond donors (Lipinski definition) is 1. The van der Waals surface area contributed by atoms with E-state index >= 15 is 0 Å². The van der Waals surface area contributed by atoms with Crippen LogP contribution in [0.15, 0.2) is 48.9 Å². The largest absolute Gasteiger partial charge is 0.354 e. The number of rotatable bonds is 4. The molecule has 9 nitrogen and oxygen atoms in total. The van der Waals surface area contributed by atoms with Gasteiger partial charge in [-0.15, -0.1) is 0 Å². The highest BCUT2D eigenvalue weighted by Gasteiger charge is 2.19. The quantitative estimate of drug-likeness (QED) is 0.488. The number of fused-ring (bicyclic) bond motifs is 2. The number of likely N-dealkylation sites (N-methyl/N-ethyl adjacent to an activating group) is 1. The van der Waals surface area contributed by atoms with Crippen LogP contribution in [0.25, 0.3) is 11.2 Å². The van der Waals surface area contributed by atoms with Crippen LogP contribution in [-0.2, 0) is 6.42 Å². The first-order valence-electron chi connectivity index (χ1n) is 12.2. The number of piperazine rings is 1. The third-order valence-corrected chi connectivity index (χ3v) is 6.76. The highest BCUT2D eigenvalue weighted by molar-refractivity contribution is 5.79. The summed E-state index contributed by atoms with van der Waals surface area (Å²) in [4.78, 5) is 23.3. The summed E-state index contributed by atoms with van der Waals surface area (Å²) in [5, 5.41) is 8.18. The van der Waals surface area contributed by atoms with Crippen molar-refractivity contribution in [2.45, 2.75) is 26.2 Å². The fourth-order valence-corrected chi connectivity index (χ4v) is 4.70. The van der Waals surface area contributed by atoms with Crippen LogP contribution in [0, 0.1) is 6.92 Å². The summed E-state index contributed by atoms with van der Waals surface area (Å²) in [7, 11) is 2.16. The molecule has 0 amide bonds. The third-order valence-electron chi connectivity index (χ3n) is 6.76. The second-order valence-electron chi connectivity index (χ2n) is 9.27. The van der Waals surface area contributed by atoms with Gasteiger partial charge < -0.3 is 15.1 Å². The molecule has 1 N–H and O–H groups in total. The molecule has 0 bridgehead atoms. The van der Waals surface area contributed by atoms with Crippen molar-refractivity contribution >= 4 is 28.7 Å². The average molecular weight is 468 g/mol. The summed E-state index contributed by atoms with van der Waals surface area (Å²) in [5.74, 6) is 1.60. The van der Waals surface area contributed by atoms with Crippen molar-refractivity contribution in [1.82, 2.24) is 34.4 Å². The molecule has 35 heavy (non-hydrogen) atoms. The molecule has 1 aliphatic carbocycles. The summed E-state index contributed by atoms with van der Waals surface area (Å²) >= 11 is 0. The normalized spacial score (nSPS) is 16.6. The summed E-state index contributed by atoms with van der Waals surface area (Å²) < 4.78 is 1.89. The van der Waals surface area contributed by atoms with Gasteiger partial charge in [-0.3, -0.25) is 0 Å². The SMILES string of the molecule is Cc1cnc2ccc(C3=CCCCc4nc(Nc5ccc(N6CCN(C)CC6)nc5)ncc43)nn12. The highest BCUT2D eigenvalue weighted by atomic mass is 15.3. The monoisotopic (exact) mass is 467 g/mol. The first-order chi connectivity index (χ1) is 17.1. The van der Waals surface area contributed by atoms with Gasteiger partial charge in [-0.2, -0.15) is 5.10 Å². The lowest BCUT2D eigenvalue weighted by Gasteiger charge is -2.33. The molecule has 1 saturated heterocycles. The van der Waals surface area contributed by atoms with Gasteiger partial charge >= 0.3 is 0 Å². The van der Waals surface area contributed by atoms with Crippen LogP contribution in [0.4, 0.5) is 17.5 Å². The Hall–Kier alpha value is -3.85. The molecule has 4 aromatic rings. The molecule has 0 radical (unpaired) electrons. The van der Waals surface area contributed by atoms with Crippen LogP contribution >= 0.6 is 0 Å². The Labute approximate surface area is 204 Å². The van der Waals surface area contributed by atoms with Crippen molar-refractivity contribution in [2.75, 3.05) is 43.4 Å². The van der Waals surface area contributed by atoms with E-state index in [0.717, 1.165) is 90.8 Å². The molecule has 2 aliphatic rings. The standard InChI is InChI=1S/C26H29N9/c1-18-15-27-25-10-8-23(32-35(18)25)20-5-3-4-6-22-21(20)17-29-26(31-22)30-19-7-9-24(28-16-19)34-13-11-33(2)12-14-34/h5,7-10,15-17H,3-4,6,11-14H2,1-2H3,(H,29,30,31). The average Bonchev–Trinajstić information content (AvgIpc) is 3.12. The fourth-order valence-electron chi connectivity index (χ4n) is 4.70. The molecule has 4 aromatic heterocycles. The number of allylic oxidation sites excluding steroid dienone is 1. The van der Waals surface area contributed by atoms with Gasteiger partial charge in [-0.05, 0) is 57.5 Å². The Morgan fingerprint density at radius 3 is 2.63 bits per heavy atom. The van der Waals surface area contributed by atoms with Crippen molar-refractivity contribution in [3.8, 4) is 0 Å². The van der Waals surface area contributed by atoms with Gasteiger partial charge in [0.05, 0.1) is 35.2 Å². The van der Waals surface area contributed by atoms with Crippen molar-refractivity contribution in [3.05, 3.63) is 71.6 Å². The molecule has 0 aromatic carbocycles. The van der Waals surface area contributed by atoms with Gasteiger partial charge in [-0.1, -0.05) is 6.08 Å². The minimum Gasteiger partial charge on any atom is -0.354 e. The minimum atomic E-state index is 0.591. The van der Waals surface area contributed by atoms with E-state index in [1.54, 1.807) is 0 Å². The van der Waals surface area contributed by atoms with E-state index in [2.05, 4.69) is 49.3 Å². The minimum absolute atomic E-state index is 0.591. The fraction of sp³-hybridized carbons (Fsp3) is 0.346. The number of pyridine rings is 1. The maximum absolute atomic E-state index is 4.88. The number of imidazole rings is 1. The summed E-state index contributed by atoms with van der Waals surface area (Å²) in [6.07, 6.45) is 10.8. The van der Waals surface area contributed by atoms with E-state index in [0.29, 0.717) is 5.95 Å². The van der Waals surface area contributed by atoms with Crippen LogP contribution in [0.3, 0.4) is 0 Å². The number of anilines is 3. The Bertz CT molecular complexity index is 1380. The molecule has 9 heteroatoms. The Kier molecular flexibility index (Phi) is 5.61. The molecular weight excluding hydrogens is 438 g/mol. The molecule has 6 rings (SSSR count). The molecule has 0 unspecified atom stereocenters. The van der Waals surface area contributed by atoms with Crippen LogP contribution in [0.2, 0.25) is 0 Å². The topological polar surface area (TPSA) is 87.4 Å². The van der Waals surface area contributed by atoms with Gasteiger partial charge in [0, 0.05) is 43.5 Å². The summed E-state index contributed by atoms with van der Waals surface area (Å²) in [5.41, 5.74) is 6.82. The number of hydrogen-bond acceptors (Lipinski definition) is 8. The van der Waals surface area contributed by atoms with Crippen molar-refractivity contribution < 1.29 is 0 Å². The van der Waals surface area contributed by atoms with E-state index in [-0.39, 0.29) is 0 Å². The van der Waals surface area contributed by atoms with Crippen molar-refractivity contribution in [2.24, 2.45) is 0 Å². The van der Waals surface area contributed by atoms with Crippen LogP contribution < -0.4 is 10.2 Å². The van der Waals surface area contributed by atoms with Gasteiger partial charge in [0.25, 0.3) is 0 Å². The third kappa shape index (κ3) is 4.35. The zero-order valence-corrected chi connectivity index (χ0v) is 20.1. The molecule has 0 saturated carbocycles. The molecule has 0 spiro atoms. The maximum Gasteiger partial charge on any atom is 0.227 e. The van der Waals surface area contributed by atoms with E-state index in [4.69, 9.17) is 10.1 Å². The van der Waals surface area contributed by atoms with Crippen LogP contribution in [-0.4, -0.2) is 67.7 Å². The van der Waals surface area contributed by atoms with Crippen molar-refractivity contribution in [1.29, 1.82) is 0 Å². The van der Waals surface area contributed by atoms with E-state index in [1.165, 1.54) is 0 Å². The highest BCUT2D eigenvalue weighted by Crippen LogP contribution is 2.30. The molecule has 5 heterocycles. The molecule has 178 valence electrons. The van der Waals surface area contributed by atoms with Crippen LogP contribution in [0.1, 0.15) is 35.5 Å². The number of aromatic nitrogens is 6.